The summed E-state index contributed by atoms with van der Waals surface area (Å²) < 4.78 is 5.09. The summed E-state index contributed by atoms with van der Waals surface area (Å²) >= 11 is 0. The van der Waals surface area contributed by atoms with E-state index < -0.39 is 0 Å². The van der Waals surface area contributed by atoms with Crippen LogP contribution in [0.3, 0.4) is 0 Å². The van der Waals surface area contributed by atoms with E-state index in [9.17, 15) is 9.59 Å². The van der Waals surface area contributed by atoms with Crippen LogP contribution in [0.2, 0.25) is 0 Å². The molecule has 2 atom stereocenters. The average molecular weight is 400 g/mol. The van der Waals surface area contributed by atoms with Crippen LogP contribution in [0.1, 0.15) is 55.8 Å². The molecule has 1 saturated carbocycles. The second kappa shape index (κ2) is 7.15. The minimum Gasteiger partial charge on any atom is -0.472 e. The first-order chi connectivity index (χ1) is 14.1. The molecule has 0 bridgehead atoms. The van der Waals surface area contributed by atoms with Crippen molar-refractivity contribution in [2.75, 3.05) is 45.8 Å². The fourth-order valence-electron chi connectivity index (χ4n) is 6.81. The Hall–Kier alpha value is -1.82. The highest BCUT2D eigenvalue weighted by atomic mass is 16.3. The van der Waals surface area contributed by atoms with Crippen LogP contribution in [0, 0.1) is 16.7 Å². The number of carbonyl (C=O) groups excluding carboxylic acids is 2. The molecule has 1 aromatic rings. The van der Waals surface area contributed by atoms with E-state index in [4.69, 9.17) is 4.42 Å². The largest absolute Gasteiger partial charge is 0.472 e. The maximum absolute atomic E-state index is 13.7. The van der Waals surface area contributed by atoms with Gasteiger partial charge in [-0.15, -0.1) is 0 Å². The monoisotopic (exact) mass is 399 g/mol. The van der Waals surface area contributed by atoms with E-state index in [0.29, 0.717) is 17.4 Å². The van der Waals surface area contributed by atoms with Crippen LogP contribution in [-0.2, 0) is 4.79 Å². The van der Waals surface area contributed by atoms with Gasteiger partial charge in [-0.3, -0.25) is 9.59 Å². The molecule has 158 valence electrons. The normalized spacial score (nSPS) is 31.6. The number of likely N-dealkylation sites (tertiary alicyclic amines) is 3. The van der Waals surface area contributed by atoms with E-state index in [1.165, 1.54) is 6.26 Å². The predicted molar refractivity (Wildman–Crippen MR) is 109 cm³/mol. The van der Waals surface area contributed by atoms with E-state index >= 15 is 0 Å². The molecule has 6 nitrogen and oxygen atoms in total. The molecule has 2 amide bonds. The Morgan fingerprint density at radius 3 is 2.48 bits per heavy atom. The fourth-order valence-corrected chi connectivity index (χ4v) is 6.81. The zero-order valence-corrected chi connectivity index (χ0v) is 17.6. The summed E-state index contributed by atoms with van der Waals surface area (Å²) in [6, 6.07) is 1.75. The fraction of sp³-hybridized carbons (Fsp3) is 0.739. The quantitative estimate of drug-likeness (QED) is 0.784. The molecule has 3 aliphatic heterocycles. The lowest BCUT2D eigenvalue weighted by Gasteiger charge is -2.44. The van der Waals surface area contributed by atoms with Crippen molar-refractivity contribution in [2.24, 2.45) is 16.7 Å². The summed E-state index contributed by atoms with van der Waals surface area (Å²) in [7, 11) is 0. The molecule has 6 heteroatoms. The van der Waals surface area contributed by atoms with Gasteiger partial charge in [0.2, 0.25) is 5.91 Å². The molecule has 5 rings (SSSR count). The number of hydrogen-bond donors (Lipinski definition) is 0. The van der Waals surface area contributed by atoms with Crippen molar-refractivity contribution >= 4 is 11.8 Å². The number of amides is 2. The Labute approximate surface area is 173 Å². The molecule has 1 aromatic heterocycles. The molecular formula is C23H33N3O3. The van der Waals surface area contributed by atoms with Gasteiger partial charge in [0.1, 0.15) is 6.26 Å². The lowest BCUT2D eigenvalue weighted by molar-refractivity contribution is -0.142. The summed E-state index contributed by atoms with van der Waals surface area (Å²) in [4.78, 5) is 33.1. The first-order valence-electron chi connectivity index (χ1n) is 11.4. The Kier molecular flexibility index (Phi) is 4.72. The molecule has 4 aliphatic rings. The zero-order chi connectivity index (χ0) is 20.1. The lowest BCUT2D eigenvalue weighted by atomic mass is 9.65. The summed E-state index contributed by atoms with van der Waals surface area (Å²) in [5.41, 5.74) is 0.674. The molecule has 3 saturated heterocycles. The van der Waals surface area contributed by atoms with E-state index in [1.807, 2.05) is 4.90 Å². The van der Waals surface area contributed by atoms with Crippen LogP contribution in [0.4, 0.5) is 0 Å². The Morgan fingerprint density at radius 1 is 1.07 bits per heavy atom. The van der Waals surface area contributed by atoms with Gasteiger partial charge >= 0.3 is 0 Å². The maximum Gasteiger partial charge on any atom is 0.257 e. The number of carbonyl (C=O) groups is 2. The Bertz CT molecular complexity index is 762. The maximum atomic E-state index is 13.7. The lowest BCUT2D eigenvalue weighted by Crippen LogP contribution is -2.50. The molecule has 4 fully saturated rings. The smallest absolute Gasteiger partial charge is 0.257 e. The average Bonchev–Trinajstić information content (AvgIpc) is 3.53. The third-order valence-electron chi connectivity index (χ3n) is 8.50. The van der Waals surface area contributed by atoms with Crippen LogP contribution in [0.25, 0.3) is 0 Å². The van der Waals surface area contributed by atoms with E-state index in [2.05, 4.69) is 16.7 Å². The minimum atomic E-state index is -0.183. The van der Waals surface area contributed by atoms with Crippen LogP contribution >= 0.6 is 0 Å². The molecule has 29 heavy (non-hydrogen) atoms. The van der Waals surface area contributed by atoms with Crippen LogP contribution < -0.4 is 0 Å². The molecule has 1 spiro atoms. The number of piperidine rings is 1. The summed E-state index contributed by atoms with van der Waals surface area (Å²) in [5, 5.41) is 0. The van der Waals surface area contributed by atoms with Crippen LogP contribution in [0.5, 0.6) is 0 Å². The third kappa shape index (κ3) is 2.94. The van der Waals surface area contributed by atoms with Gasteiger partial charge in [0.25, 0.3) is 5.91 Å². The van der Waals surface area contributed by atoms with Gasteiger partial charge in [-0.1, -0.05) is 6.92 Å². The molecule has 0 N–H and O–H groups in total. The number of fused-ring (bicyclic) bond motifs is 2. The van der Waals surface area contributed by atoms with Crippen molar-refractivity contribution in [3.63, 3.8) is 0 Å². The highest BCUT2D eigenvalue weighted by molar-refractivity contribution is 5.93. The molecule has 1 aliphatic carbocycles. The topological polar surface area (TPSA) is 57.0 Å². The zero-order valence-electron chi connectivity index (χ0n) is 17.6. The van der Waals surface area contributed by atoms with E-state index in [0.717, 1.165) is 84.3 Å². The molecule has 0 radical (unpaired) electrons. The number of hydrogen-bond acceptors (Lipinski definition) is 4. The number of furan rings is 1. The minimum absolute atomic E-state index is 0.0765. The van der Waals surface area contributed by atoms with Gasteiger partial charge in [-0.25, -0.2) is 0 Å². The predicted octanol–water partition coefficient (Wildman–Crippen LogP) is 2.86. The summed E-state index contributed by atoms with van der Waals surface area (Å²) in [5.74, 6) is 0.951. The number of rotatable bonds is 3. The summed E-state index contributed by atoms with van der Waals surface area (Å²) in [6.45, 7) is 8.69. The Morgan fingerprint density at radius 2 is 1.83 bits per heavy atom. The highest BCUT2D eigenvalue weighted by Gasteiger charge is 2.64. The second-order valence-corrected chi connectivity index (χ2v) is 9.70. The summed E-state index contributed by atoms with van der Waals surface area (Å²) in [6.07, 6.45) is 9.62. The third-order valence-corrected chi connectivity index (χ3v) is 8.50. The van der Waals surface area contributed by atoms with Gasteiger partial charge in [0.05, 0.1) is 17.2 Å². The van der Waals surface area contributed by atoms with Crippen molar-refractivity contribution in [3.8, 4) is 0 Å². The van der Waals surface area contributed by atoms with Gasteiger partial charge in [-0.05, 0) is 62.5 Å². The molecular weight excluding hydrogens is 366 g/mol. The first-order valence-corrected chi connectivity index (χ1v) is 11.4. The molecule has 0 unspecified atom stereocenters. The van der Waals surface area contributed by atoms with Crippen molar-refractivity contribution in [1.82, 2.24) is 14.7 Å². The van der Waals surface area contributed by atoms with Crippen LogP contribution in [0.15, 0.2) is 23.0 Å². The van der Waals surface area contributed by atoms with Gasteiger partial charge in [0.15, 0.2) is 0 Å². The van der Waals surface area contributed by atoms with Crippen molar-refractivity contribution in [3.05, 3.63) is 24.2 Å². The van der Waals surface area contributed by atoms with Crippen molar-refractivity contribution in [2.45, 2.75) is 45.4 Å². The highest BCUT2D eigenvalue weighted by Crippen LogP contribution is 2.62. The van der Waals surface area contributed by atoms with Gasteiger partial charge in [-0.2, -0.15) is 0 Å². The SMILES string of the molecule is CCN1C[C@H]2C3(CCN(C(=O)c4ccoc4)CC3)CC[C@@]2(C(=O)N2CCCC2)C1. The molecule has 4 heterocycles. The standard InChI is InChI=1S/C23H33N3O3/c1-2-24-15-19-22(6-7-23(19,17-24)21(28)26-10-3-4-11-26)8-12-25(13-9-22)20(27)18-5-14-29-16-18/h5,14,16,19H,2-4,6-13,15,17H2,1H3/t19-,23+/m0/s1. The second-order valence-electron chi connectivity index (χ2n) is 9.70. The number of nitrogens with zero attached hydrogens (tertiary/aromatic N) is 3. The Balaban J connectivity index is 1.35. The first kappa shape index (κ1) is 19.2. The van der Waals surface area contributed by atoms with Gasteiger partial charge < -0.3 is 19.1 Å². The molecule has 0 aromatic carbocycles. The van der Waals surface area contributed by atoms with Crippen LogP contribution in [-0.4, -0.2) is 72.3 Å². The van der Waals surface area contributed by atoms with Crippen molar-refractivity contribution in [1.29, 1.82) is 0 Å². The van der Waals surface area contributed by atoms with Gasteiger partial charge in [0, 0.05) is 39.3 Å². The van der Waals surface area contributed by atoms with E-state index in [-0.39, 0.29) is 16.7 Å². The van der Waals surface area contributed by atoms with E-state index in [1.54, 1.807) is 12.3 Å². The van der Waals surface area contributed by atoms with Crippen molar-refractivity contribution < 1.29 is 14.0 Å².